The van der Waals surface area contributed by atoms with Gasteiger partial charge in [0.05, 0.1) is 29.5 Å². The summed E-state index contributed by atoms with van der Waals surface area (Å²) in [4.78, 5) is 27.1. The third-order valence-corrected chi connectivity index (χ3v) is 5.12. The van der Waals surface area contributed by atoms with E-state index in [-0.39, 0.29) is 12.0 Å². The van der Waals surface area contributed by atoms with Gasteiger partial charge in [0.15, 0.2) is 0 Å². The first-order valence-electron chi connectivity index (χ1n) is 10.9. The van der Waals surface area contributed by atoms with Crippen molar-refractivity contribution in [2.45, 2.75) is 39.9 Å². The lowest BCUT2D eigenvalue weighted by Gasteiger charge is -2.32. The van der Waals surface area contributed by atoms with Crippen LogP contribution in [0.5, 0.6) is 5.75 Å². The number of amides is 1. The van der Waals surface area contributed by atoms with Gasteiger partial charge in [-0.3, -0.25) is 9.97 Å². The van der Waals surface area contributed by atoms with Crippen LogP contribution in [-0.4, -0.2) is 54.4 Å². The first-order chi connectivity index (χ1) is 15.8. The average molecular weight is 449 g/mol. The lowest BCUT2D eigenvalue weighted by atomic mass is 9.94. The molecule has 3 heterocycles. The third-order valence-electron chi connectivity index (χ3n) is 5.12. The van der Waals surface area contributed by atoms with Crippen LogP contribution in [0.15, 0.2) is 55.4 Å². The van der Waals surface area contributed by atoms with Gasteiger partial charge in [-0.1, -0.05) is 13.0 Å². The zero-order chi connectivity index (χ0) is 23.4. The molecule has 4 rings (SSSR count). The molecule has 0 aliphatic carbocycles. The molecule has 0 fully saturated rings. The molecule has 0 saturated heterocycles. The molecule has 2 aromatic heterocycles. The normalized spacial score (nSPS) is 16.3. The second-order valence-electron chi connectivity index (χ2n) is 8.96. The van der Waals surface area contributed by atoms with Gasteiger partial charge in [-0.15, -0.1) is 0 Å². The molecule has 9 nitrogen and oxygen atoms in total. The number of carbonyl (C=O) groups excluding carboxylic acids is 1. The minimum Gasteiger partial charge on any atom is -0.487 e. The molecule has 1 unspecified atom stereocenters. The highest BCUT2D eigenvalue weighted by molar-refractivity contribution is 5.72. The summed E-state index contributed by atoms with van der Waals surface area (Å²) in [7, 11) is 0. The van der Waals surface area contributed by atoms with E-state index in [1.807, 2.05) is 51.1 Å². The highest BCUT2D eigenvalue weighted by atomic mass is 16.6. The van der Waals surface area contributed by atoms with Gasteiger partial charge >= 0.3 is 6.09 Å². The lowest BCUT2D eigenvalue weighted by Crippen LogP contribution is -2.41. The summed E-state index contributed by atoms with van der Waals surface area (Å²) in [6.07, 6.45) is 8.36. The molecule has 0 N–H and O–H groups in total. The monoisotopic (exact) mass is 448 g/mol. The topological polar surface area (TPSA) is 95.3 Å². The minimum absolute atomic E-state index is 0.131. The fourth-order valence-corrected chi connectivity index (χ4v) is 3.52. The Kier molecular flexibility index (Phi) is 6.39. The van der Waals surface area contributed by atoms with E-state index in [0.29, 0.717) is 19.7 Å². The summed E-state index contributed by atoms with van der Waals surface area (Å²) in [5.74, 6) is 0.863. The first kappa shape index (κ1) is 22.4. The van der Waals surface area contributed by atoms with Gasteiger partial charge in [0.2, 0.25) is 0 Å². The molecule has 3 aromatic rings. The fraction of sp³-hybridized carbons (Fsp3) is 0.375. The highest BCUT2D eigenvalue weighted by Crippen LogP contribution is 2.27. The second kappa shape index (κ2) is 9.40. The summed E-state index contributed by atoms with van der Waals surface area (Å²) < 4.78 is 13.0. The molecule has 1 aliphatic rings. The Morgan fingerprint density at radius 2 is 1.94 bits per heavy atom. The van der Waals surface area contributed by atoms with Crippen LogP contribution >= 0.6 is 0 Å². The molecule has 0 bridgehead atoms. The molecule has 0 saturated carbocycles. The maximum absolute atomic E-state index is 12.3. The Morgan fingerprint density at radius 3 is 2.55 bits per heavy atom. The van der Waals surface area contributed by atoms with Crippen LogP contribution in [0.1, 0.15) is 39.1 Å². The molecule has 0 spiro atoms. The van der Waals surface area contributed by atoms with Crippen molar-refractivity contribution in [3.63, 3.8) is 0 Å². The fourth-order valence-electron chi connectivity index (χ4n) is 3.52. The quantitative estimate of drug-likeness (QED) is 0.584. The predicted molar refractivity (Wildman–Crippen MR) is 123 cm³/mol. The number of carbonyl (C=O) groups is 1. The molecule has 9 heteroatoms. The molecule has 1 aliphatic heterocycles. The van der Waals surface area contributed by atoms with E-state index in [2.05, 4.69) is 27.0 Å². The van der Waals surface area contributed by atoms with E-state index >= 15 is 0 Å². The van der Waals surface area contributed by atoms with Crippen molar-refractivity contribution in [2.24, 2.45) is 5.92 Å². The van der Waals surface area contributed by atoms with Gasteiger partial charge in [0, 0.05) is 19.0 Å². The van der Waals surface area contributed by atoms with Crippen molar-refractivity contribution in [3.8, 4) is 11.4 Å². The van der Waals surface area contributed by atoms with Gasteiger partial charge in [0.1, 0.15) is 30.6 Å². The van der Waals surface area contributed by atoms with Crippen LogP contribution in [-0.2, 0) is 11.3 Å². The van der Waals surface area contributed by atoms with Crippen molar-refractivity contribution < 1.29 is 14.3 Å². The molecular formula is C24H28N6O3. The number of hydrogen-bond donors (Lipinski definition) is 0. The van der Waals surface area contributed by atoms with E-state index < -0.39 is 5.60 Å². The molecule has 1 atom stereocenters. The van der Waals surface area contributed by atoms with Gasteiger partial charge in [-0.05, 0) is 50.6 Å². The molecule has 33 heavy (non-hydrogen) atoms. The average Bonchev–Trinajstić information content (AvgIpc) is 3.32. The van der Waals surface area contributed by atoms with Crippen molar-refractivity contribution in [1.29, 1.82) is 0 Å². The number of ether oxygens (including phenoxy) is 2. The molecule has 1 aromatic carbocycles. The molecular weight excluding hydrogens is 420 g/mol. The maximum Gasteiger partial charge on any atom is 0.410 e. The molecule has 1 amide bonds. The summed E-state index contributed by atoms with van der Waals surface area (Å²) >= 11 is 0. The number of rotatable bonds is 5. The van der Waals surface area contributed by atoms with E-state index in [1.54, 1.807) is 28.3 Å². The third kappa shape index (κ3) is 5.74. The smallest absolute Gasteiger partial charge is 0.410 e. The Balaban J connectivity index is 1.34. The number of hydrogen-bond acceptors (Lipinski definition) is 7. The van der Waals surface area contributed by atoms with Crippen LogP contribution in [0.4, 0.5) is 4.79 Å². The lowest BCUT2D eigenvalue weighted by molar-refractivity contribution is 0.0251. The highest BCUT2D eigenvalue weighted by Gasteiger charge is 2.27. The summed E-state index contributed by atoms with van der Waals surface area (Å²) in [6, 6.07) is 7.58. The Bertz CT molecular complexity index is 1100. The second-order valence-corrected chi connectivity index (χ2v) is 8.96. The van der Waals surface area contributed by atoms with E-state index in [9.17, 15) is 4.79 Å². The van der Waals surface area contributed by atoms with Crippen LogP contribution < -0.4 is 4.74 Å². The summed E-state index contributed by atoms with van der Waals surface area (Å²) in [5.41, 5.74) is 3.03. The molecule has 0 radical (unpaired) electrons. The van der Waals surface area contributed by atoms with E-state index in [1.165, 1.54) is 6.33 Å². The first-order valence-corrected chi connectivity index (χ1v) is 10.9. The SMILES string of the molecule is CC1CN(C(=O)OC(C)(C)C)CC=C1c1cnc(COc2ccc(-n3cncn3)cc2)cn1. The largest absolute Gasteiger partial charge is 0.487 e. The maximum atomic E-state index is 12.3. The standard InChI is InChI=1S/C24H28N6O3/c1-17-13-29(23(31)33-24(2,3)4)10-9-21(17)22-12-26-18(11-27-22)14-32-20-7-5-19(6-8-20)30-16-25-15-28-30/h5-9,11-12,15-17H,10,13-14H2,1-4H3. The van der Waals surface area contributed by atoms with Crippen LogP contribution in [0.2, 0.25) is 0 Å². The van der Waals surface area contributed by atoms with Crippen LogP contribution in [0.25, 0.3) is 11.3 Å². The van der Waals surface area contributed by atoms with Gasteiger partial charge < -0.3 is 14.4 Å². The molecule has 172 valence electrons. The van der Waals surface area contributed by atoms with Gasteiger partial charge in [0.25, 0.3) is 0 Å². The zero-order valence-corrected chi connectivity index (χ0v) is 19.3. The van der Waals surface area contributed by atoms with Crippen molar-refractivity contribution >= 4 is 11.7 Å². The van der Waals surface area contributed by atoms with E-state index in [4.69, 9.17) is 9.47 Å². The summed E-state index contributed by atoms with van der Waals surface area (Å²) in [6.45, 7) is 9.07. The van der Waals surface area contributed by atoms with Gasteiger partial charge in [-0.25, -0.2) is 14.5 Å². The van der Waals surface area contributed by atoms with Crippen LogP contribution in [0.3, 0.4) is 0 Å². The van der Waals surface area contributed by atoms with Gasteiger partial charge in [-0.2, -0.15) is 5.10 Å². The Hall–Kier alpha value is -3.75. The zero-order valence-electron chi connectivity index (χ0n) is 19.3. The summed E-state index contributed by atoms with van der Waals surface area (Å²) in [5, 5.41) is 4.10. The number of benzene rings is 1. The Labute approximate surface area is 193 Å². The number of aromatic nitrogens is 5. The Morgan fingerprint density at radius 1 is 1.15 bits per heavy atom. The van der Waals surface area contributed by atoms with Crippen molar-refractivity contribution in [1.82, 2.24) is 29.6 Å². The minimum atomic E-state index is -0.507. The van der Waals surface area contributed by atoms with E-state index in [0.717, 1.165) is 28.4 Å². The number of nitrogens with zero attached hydrogens (tertiary/aromatic N) is 6. The van der Waals surface area contributed by atoms with Crippen molar-refractivity contribution in [2.75, 3.05) is 13.1 Å². The predicted octanol–water partition coefficient (Wildman–Crippen LogP) is 3.91. The van der Waals surface area contributed by atoms with Crippen molar-refractivity contribution in [3.05, 3.63) is 66.8 Å². The van der Waals surface area contributed by atoms with Crippen LogP contribution in [0, 0.1) is 5.92 Å².